The van der Waals surface area contributed by atoms with Crippen molar-refractivity contribution in [3.05, 3.63) is 83.4 Å². The molecule has 4 rings (SSSR count). The molecule has 0 spiro atoms. The van der Waals surface area contributed by atoms with Crippen LogP contribution in [0.4, 0.5) is 5.69 Å². The van der Waals surface area contributed by atoms with E-state index >= 15 is 0 Å². The van der Waals surface area contributed by atoms with Crippen LogP contribution < -0.4 is 15.1 Å². The highest BCUT2D eigenvalue weighted by Crippen LogP contribution is 2.29. The van der Waals surface area contributed by atoms with E-state index in [-0.39, 0.29) is 11.7 Å². The second-order valence-electron chi connectivity index (χ2n) is 8.19. The number of anilines is 1. The molecule has 8 nitrogen and oxygen atoms in total. The summed E-state index contributed by atoms with van der Waals surface area (Å²) in [5.41, 5.74) is 6.35. The number of ether oxygens (including phenoxy) is 1. The predicted molar refractivity (Wildman–Crippen MR) is 155 cm³/mol. The highest BCUT2D eigenvalue weighted by atomic mass is 35.5. The van der Waals surface area contributed by atoms with Crippen LogP contribution >= 0.6 is 23.4 Å². The van der Waals surface area contributed by atoms with Gasteiger partial charge in [0.25, 0.3) is 5.91 Å². The lowest BCUT2D eigenvalue weighted by Crippen LogP contribution is -2.21. The molecule has 0 aliphatic heterocycles. The van der Waals surface area contributed by atoms with Gasteiger partial charge in [-0.2, -0.15) is 5.10 Å². The first-order valence-electron chi connectivity index (χ1n) is 12.2. The molecular formula is C28H29ClN6O2S. The van der Waals surface area contributed by atoms with Crippen LogP contribution in [0.2, 0.25) is 5.02 Å². The Morgan fingerprint density at radius 1 is 1.03 bits per heavy atom. The summed E-state index contributed by atoms with van der Waals surface area (Å²) in [6.07, 6.45) is 1.63. The van der Waals surface area contributed by atoms with Crippen LogP contribution in [-0.2, 0) is 4.79 Å². The Balaban J connectivity index is 1.44. The SMILES string of the molecule is CCN(CC)c1ccc(/C=N/NC(=O)CSc2nnc(-c3ccc(OC)cc3)n2-c2ccc(Cl)cc2)cc1. The largest absolute Gasteiger partial charge is 0.497 e. The molecule has 0 saturated carbocycles. The van der Waals surface area contributed by atoms with Gasteiger partial charge >= 0.3 is 0 Å². The highest BCUT2D eigenvalue weighted by Gasteiger charge is 2.17. The molecule has 0 bridgehead atoms. The summed E-state index contributed by atoms with van der Waals surface area (Å²) in [6.45, 7) is 6.16. The topological polar surface area (TPSA) is 84.6 Å². The Morgan fingerprint density at radius 3 is 2.34 bits per heavy atom. The van der Waals surface area contributed by atoms with Gasteiger partial charge in [0.2, 0.25) is 0 Å². The van der Waals surface area contributed by atoms with Crippen LogP contribution in [0.5, 0.6) is 5.75 Å². The Labute approximate surface area is 231 Å². The van der Waals surface area contributed by atoms with Crippen LogP contribution in [0.15, 0.2) is 83.1 Å². The van der Waals surface area contributed by atoms with Crippen molar-refractivity contribution in [2.24, 2.45) is 5.10 Å². The van der Waals surface area contributed by atoms with Crippen molar-refractivity contribution in [2.45, 2.75) is 19.0 Å². The van der Waals surface area contributed by atoms with Crippen molar-refractivity contribution < 1.29 is 9.53 Å². The molecular weight excluding hydrogens is 520 g/mol. The van der Waals surface area contributed by atoms with E-state index in [1.807, 2.05) is 53.1 Å². The third-order valence-electron chi connectivity index (χ3n) is 5.82. The molecule has 10 heteroatoms. The van der Waals surface area contributed by atoms with E-state index in [0.717, 1.165) is 41.3 Å². The Kier molecular flexibility index (Phi) is 9.40. The summed E-state index contributed by atoms with van der Waals surface area (Å²) < 4.78 is 7.17. The molecule has 1 N–H and O–H groups in total. The molecule has 3 aromatic carbocycles. The van der Waals surface area contributed by atoms with Crippen LogP contribution in [0, 0.1) is 0 Å². The van der Waals surface area contributed by atoms with Gasteiger partial charge in [0.15, 0.2) is 11.0 Å². The first-order valence-corrected chi connectivity index (χ1v) is 13.5. The van der Waals surface area contributed by atoms with Gasteiger partial charge in [-0.3, -0.25) is 9.36 Å². The van der Waals surface area contributed by atoms with Gasteiger partial charge in [-0.1, -0.05) is 35.5 Å². The van der Waals surface area contributed by atoms with Gasteiger partial charge in [-0.25, -0.2) is 5.43 Å². The number of nitrogens with one attached hydrogen (secondary N) is 1. The van der Waals surface area contributed by atoms with E-state index in [4.69, 9.17) is 16.3 Å². The molecule has 4 aromatic rings. The number of thioether (sulfide) groups is 1. The monoisotopic (exact) mass is 548 g/mol. The van der Waals surface area contributed by atoms with Gasteiger partial charge in [-0.05, 0) is 80.1 Å². The Bertz CT molecular complexity index is 1370. The Morgan fingerprint density at radius 2 is 1.71 bits per heavy atom. The fourth-order valence-corrected chi connectivity index (χ4v) is 4.68. The van der Waals surface area contributed by atoms with Crippen molar-refractivity contribution in [3.63, 3.8) is 0 Å². The maximum Gasteiger partial charge on any atom is 0.250 e. The lowest BCUT2D eigenvalue weighted by Gasteiger charge is -2.20. The minimum absolute atomic E-state index is 0.118. The molecule has 1 aromatic heterocycles. The summed E-state index contributed by atoms with van der Waals surface area (Å²) in [4.78, 5) is 14.8. The third kappa shape index (κ3) is 6.73. The smallest absolute Gasteiger partial charge is 0.250 e. The number of benzene rings is 3. The van der Waals surface area contributed by atoms with Crippen molar-refractivity contribution >= 4 is 41.2 Å². The number of hydrogen-bond donors (Lipinski definition) is 1. The number of carbonyl (C=O) groups excluding carboxylic acids is 1. The van der Waals surface area contributed by atoms with Gasteiger partial charge in [-0.15, -0.1) is 10.2 Å². The van der Waals surface area contributed by atoms with Crippen LogP contribution in [0.3, 0.4) is 0 Å². The molecule has 38 heavy (non-hydrogen) atoms. The van der Waals surface area contributed by atoms with Gasteiger partial charge in [0, 0.05) is 35.1 Å². The summed E-state index contributed by atoms with van der Waals surface area (Å²) in [6, 6.07) is 23.0. The molecule has 1 heterocycles. The number of amides is 1. The number of rotatable bonds is 11. The maximum absolute atomic E-state index is 12.5. The number of carbonyl (C=O) groups is 1. The molecule has 0 radical (unpaired) electrons. The summed E-state index contributed by atoms with van der Waals surface area (Å²) >= 11 is 7.38. The first kappa shape index (κ1) is 27.2. The van der Waals surface area contributed by atoms with E-state index in [1.54, 1.807) is 25.5 Å². The molecule has 0 atom stereocenters. The molecule has 196 valence electrons. The fourth-order valence-electron chi connectivity index (χ4n) is 3.81. The molecule has 0 aliphatic carbocycles. The van der Waals surface area contributed by atoms with Crippen molar-refractivity contribution in [1.29, 1.82) is 0 Å². The second-order valence-corrected chi connectivity index (χ2v) is 9.57. The second kappa shape index (κ2) is 13.1. The molecule has 1 amide bonds. The zero-order valence-corrected chi connectivity index (χ0v) is 23.0. The minimum Gasteiger partial charge on any atom is -0.497 e. The van der Waals surface area contributed by atoms with Crippen molar-refractivity contribution in [2.75, 3.05) is 30.9 Å². The number of aromatic nitrogens is 3. The summed E-state index contributed by atoms with van der Waals surface area (Å²) in [5.74, 6) is 1.26. The van der Waals surface area contributed by atoms with E-state index in [2.05, 4.69) is 51.6 Å². The van der Waals surface area contributed by atoms with Gasteiger partial charge < -0.3 is 9.64 Å². The summed E-state index contributed by atoms with van der Waals surface area (Å²) in [7, 11) is 1.62. The standard InChI is InChI=1S/C28H29ClN6O2S/c1-4-34(5-2)23-12-6-20(7-13-23)18-30-31-26(36)19-38-28-33-32-27(21-8-16-25(37-3)17-9-21)35(28)24-14-10-22(29)11-15-24/h6-18H,4-5,19H2,1-3H3,(H,31,36)/b30-18+. The van der Waals surface area contributed by atoms with Gasteiger partial charge in [0.1, 0.15) is 5.75 Å². The molecule has 0 aliphatic rings. The van der Waals surface area contributed by atoms with Gasteiger partial charge in [0.05, 0.1) is 19.1 Å². The highest BCUT2D eigenvalue weighted by molar-refractivity contribution is 7.99. The first-order chi connectivity index (χ1) is 18.5. The molecule has 0 saturated heterocycles. The lowest BCUT2D eigenvalue weighted by molar-refractivity contribution is -0.118. The molecule has 0 fully saturated rings. The minimum atomic E-state index is -0.248. The fraction of sp³-hybridized carbons (Fsp3) is 0.214. The van der Waals surface area contributed by atoms with Crippen molar-refractivity contribution in [3.8, 4) is 22.8 Å². The van der Waals surface area contributed by atoms with E-state index < -0.39 is 0 Å². The van der Waals surface area contributed by atoms with Crippen LogP contribution in [0.1, 0.15) is 19.4 Å². The number of halogens is 1. The third-order valence-corrected chi connectivity index (χ3v) is 7.00. The number of hydrazone groups is 1. The zero-order valence-electron chi connectivity index (χ0n) is 21.5. The number of methoxy groups -OCH3 is 1. The molecule has 0 unspecified atom stereocenters. The average molecular weight is 549 g/mol. The summed E-state index contributed by atoms with van der Waals surface area (Å²) in [5, 5.41) is 14.1. The normalized spacial score (nSPS) is 11.1. The van der Waals surface area contributed by atoms with Crippen LogP contribution in [-0.4, -0.2) is 52.8 Å². The predicted octanol–water partition coefficient (Wildman–Crippen LogP) is 5.68. The number of nitrogens with zero attached hydrogens (tertiary/aromatic N) is 5. The zero-order chi connectivity index (χ0) is 26.9. The lowest BCUT2D eigenvalue weighted by atomic mass is 10.2. The van der Waals surface area contributed by atoms with E-state index in [9.17, 15) is 4.79 Å². The number of hydrogen-bond acceptors (Lipinski definition) is 7. The quantitative estimate of drug-likeness (QED) is 0.147. The Hall–Kier alpha value is -3.82. The average Bonchev–Trinajstić information content (AvgIpc) is 3.38. The maximum atomic E-state index is 12.5. The van der Waals surface area contributed by atoms with Crippen LogP contribution in [0.25, 0.3) is 17.1 Å². The van der Waals surface area contributed by atoms with Crippen molar-refractivity contribution in [1.82, 2.24) is 20.2 Å². The van der Waals surface area contributed by atoms with E-state index in [0.29, 0.717) is 16.0 Å². The van der Waals surface area contributed by atoms with E-state index in [1.165, 1.54) is 11.8 Å².